The van der Waals surface area contributed by atoms with Crippen LogP contribution in [0.5, 0.6) is 0 Å². The van der Waals surface area contributed by atoms with E-state index < -0.39 is 0 Å². The second kappa shape index (κ2) is 3.61. The van der Waals surface area contributed by atoms with Crippen molar-refractivity contribution in [2.24, 2.45) is 4.99 Å². The van der Waals surface area contributed by atoms with E-state index in [2.05, 4.69) is 43.1 Å². The first-order valence-electron chi connectivity index (χ1n) is 3.81. The molecule has 1 aromatic carbocycles. The standard InChI is InChI=1S/C10H11NS/c1-7-4-10(11-6-12)5-8(2)9(7)3/h4-5H,1-3H3. The van der Waals surface area contributed by atoms with Crippen molar-refractivity contribution in [1.29, 1.82) is 0 Å². The third-order valence-electron chi connectivity index (χ3n) is 2.09. The van der Waals surface area contributed by atoms with E-state index in [1.54, 1.807) is 0 Å². The van der Waals surface area contributed by atoms with E-state index in [1.807, 2.05) is 12.1 Å². The van der Waals surface area contributed by atoms with E-state index in [-0.39, 0.29) is 0 Å². The molecule has 0 saturated carbocycles. The largest absolute Gasteiger partial charge is 0.195 e. The summed E-state index contributed by atoms with van der Waals surface area (Å²) in [6, 6.07) is 4.03. The Hall–Kier alpha value is -0.980. The van der Waals surface area contributed by atoms with Gasteiger partial charge in [-0.05, 0) is 61.8 Å². The van der Waals surface area contributed by atoms with Crippen molar-refractivity contribution in [3.8, 4) is 0 Å². The number of nitrogens with zero attached hydrogens (tertiary/aromatic N) is 1. The van der Waals surface area contributed by atoms with Crippen LogP contribution in [0.4, 0.5) is 5.69 Å². The van der Waals surface area contributed by atoms with Gasteiger partial charge < -0.3 is 0 Å². The Bertz CT molecular complexity index is 326. The van der Waals surface area contributed by atoms with Gasteiger partial charge in [0.25, 0.3) is 0 Å². The maximum Gasteiger partial charge on any atom is 0.0745 e. The maximum atomic E-state index is 4.54. The third kappa shape index (κ3) is 1.79. The zero-order valence-electron chi connectivity index (χ0n) is 7.51. The van der Waals surface area contributed by atoms with Crippen LogP contribution >= 0.6 is 12.2 Å². The van der Waals surface area contributed by atoms with Crippen molar-refractivity contribution in [2.45, 2.75) is 20.8 Å². The fourth-order valence-corrected chi connectivity index (χ4v) is 1.24. The molecule has 0 radical (unpaired) electrons. The second-order valence-corrected chi connectivity index (χ2v) is 3.09. The smallest absolute Gasteiger partial charge is 0.0745 e. The van der Waals surface area contributed by atoms with Crippen molar-refractivity contribution >= 4 is 23.1 Å². The Balaban J connectivity index is 3.30. The Kier molecular flexibility index (Phi) is 2.74. The molecule has 1 rings (SSSR count). The summed E-state index contributed by atoms with van der Waals surface area (Å²) in [6.07, 6.45) is 0. The lowest BCUT2D eigenvalue weighted by Crippen LogP contribution is -1.84. The maximum absolute atomic E-state index is 4.54. The molecule has 0 spiro atoms. The van der Waals surface area contributed by atoms with Crippen molar-refractivity contribution in [2.75, 3.05) is 0 Å². The lowest BCUT2D eigenvalue weighted by atomic mass is 10.0. The number of rotatable bonds is 1. The first-order chi connectivity index (χ1) is 5.65. The molecular formula is C10H11NS. The fourth-order valence-electron chi connectivity index (χ4n) is 1.13. The minimum absolute atomic E-state index is 0.894. The van der Waals surface area contributed by atoms with Gasteiger partial charge in [-0.3, -0.25) is 0 Å². The molecule has 1 aromatic rings. The number of aryl methyl sites for hydroxylation is 2. The highest BCUT2D eigenvalue weighted by molar-refractivity contribution is 7.78. The number of thiocarbonyl (C=S) groups is 1. The van der Waals surface area contributed by atoms with Gasteiger partial charge in [0.05, 0.1) is 10.8 Å². The van der Waals surface area contributed by atoms with Crippen LogP contribution in [0.1, 0.15) is 16.7 Å². The van der Waals surface area contributed by atoms with Crippen molar-refractivity contribution in [3.05, 3.63) is 28.8 Å². The van der Waals surface area contributed by atoms with Crippen LogP contribution in [-0.4, -0.2) is 5.16 Å². The van der Waals surface area contributed by atoms with Gasteiger partial charge in [-0.15, -0.1) is 0 Å². The quantitative estimate of drug-likeness (QED) is 0.473. The Morgan fingerprint density at radius 3 is 2.08 bits per heavy atom. The monoisotopic (exact) mass is 177 g/mol. The van der Waals surface area contributed by atoms with Crippen molar-refractivity contribution in [1.82, 2.24) is 0 Å². The lowest BCUT2D eigenvalue weighted by Gasteiger charge is -2.04. The fraction of sp³-hybridized carbons (Fsp3) is 0.300. The molecule has 0 saturated heterocycles. The van der Waals surface area contributed by atoms with Gasteiger partial charge in [-0.1, -0.05) is 0 Å². The molecule has 0 aliphatic carbocycles. The average Bonchev–Trinajstić information content (AvgIpc) is 2.01. The van der Waals surface area contributed by atoms with Crippen molar-refractivity contribution < 1.29 is 0 Å². The highest BCUT2D eigenvalue weighted by atomic mass is 32.1. The molecule has 0 unspecified atom stereocenters. The second-order valence-electron chi connectivity index (χ2n) is 2.91. The number of isothiocyanates is 1. The molecule has 12 heavy (non-hydrogen) atoms. The van der Waals surface area contributed by atoms with Gasteiger partial charge in [0.15, 0.2) is 0 Å². The minimum atomic E-state index is 0.894. The predicted octanol–water partition coefficient (Wildman–Crippen LogP) is 3.35. The average molecular weight is 177 g/mol. The summed E-state index contributed by atoms with van der Waals surface area (Å²) in [5, 5.41) is 2.37. The molecule has 0 amide bonds. The van der Waals surface area contributed by atoms with Crippen LogP contribution in [-0.2, 0) is 0 Å². The number of aliphatic imine (C=N–C) groups is 1. The zero-order valence-corrected chi connectivity index (χ0v) is 8.33. The van der Waals surface area contributed by atoms with Crippen LogP contribution in [0.25, 0.3) is 0 Å². The van der Waals surface area contributed by atoms with E-state index in [1.165, 1.54) is 16.7 Å². The van der Waals surface area contributed by atoms with Gasteiger partial charge in [-0.2, -0.15) is 4.99 Å². The summed E-state index contributed by atoms with van der Waals surface area (Å²) in [4.78, 5) is 3.93. The molecule has 0 bridgehead atoms. The zero-order chi connectivity index (χ0) is 9.14. The van der Waals surface area contributed by atoms with Crippen LogP contribution in [0.3, 0.4) is 0 Å². The molecule has 0 aromatic heterocycles. The first kappa shape index (κ1) is 9.11. The highest BCUT2D eigenvalue weighted by Crippen LogP contribution is 2.20. The van der Waals surface area contributed by atoms with E-state index in [4.69, 9.17) is 0 Å². The summed E-state index contributed by atoms with van der Waals surface area (Å²) in [6.45, 7) is 6.25. The van der Waals surface area contributed by atoms with Crippen LogP contribution in [0.2, 0.25) is 0 Å². The Morgan fingerprint density at radius 1 is 1.17 bits per heavy atom. The number of hydrogen-bond acceptors (Lipinski definition) is 2. The van der Waals surface area contributed by atoms with Gasteiger partial charge in [0.1, 0.15) is 0 Å². The molecular weight excluding hydrogens is 166 g/mol. The molecule has 2 heteroatoms. The Morgan fingerprint density at radius 2 is 1.67 bits per heavy atom. The van der Waals surface area contributed by atoms with Gasteiger partial charge in [0, 0.05) is 0 Å². The highest BCUT2D eigenvalue weighted by Gasteiger charge is 1.98. The van der Waals surface area contributed by atoms with E-state index in [0.717, 1.165) is 5.69 Å². The molecule has 0 N–H and O–H groups in total. The predicted molar refractivity (Wildman–Crippen MR) is 55.3 cm³/mol. The topological polar surface area (TPSA) is 12.4 Å². The molecule has 62 valence electrons. The Labute approximate surface area is 78.1 Å². The van der Waals surface area contributed by atoms with Crippen LogP contribution in [0, 0.1) is 20.8 Å². The van der Waals surface area contributed by atoms with Gasteiger partial charge >= 0.3 is 0 Å². The molecule has 0 atom stereocenters. The molecule has 0 aliphatic rings. The van der Waals surface area contributed by atoms with E-state index >= 15 is 0 Å². The van der Waals surface area contributed by atoms with Gasteiger partial charge in [-0.25, -0.2) is 0 Å². The summed E-state index contributed by atoms with van der Waals surface area (Å²) in [5.41, 5.74) is 4.71. The SMILES string of the molecule is Cc1cc(N=C=S)cc(C)c1C. The van der Waals surface area contributed by atoms with E-state index in [0.29, 0.717) is 0 Å². The number of benzene rings is 1. The van der Waals surface area contributed by atoms with Gasteiger partial charge in [0.2, 0.25) is 0 Å². The van der Waals surface area contributed by atoms with Crippen LogP contribution < -0.4 is 0 Å². The molecule has 0 fully saturated rings. The molecule has 0 aliphatic heterocycles. The summed E-state index contributed by atoms with van der Waals surface area (Å²) < 4.78 is 0. The van der Waals surface area contributed by atoms with Crippen LogP contribution in [0.15, 0.2) is 17.1 Å². The normalized spacial score (nSPS) is 9.25. The minimum Gasteiger partial charge on any atom is -0.195 e. The first-order valence-corrected chi connectivity index (χ1v) is 4.21. The third-order valence-corrected chi connectivity index (χ3v) is 2.18. The molecule has 1 nitrogen and oxygen atoms in total. The number of hydrogen-bond donors (Lipinski definition) is 0. The van der Waals surface area contributed by atoms with E-state index in [9.17, 15) is 0 Å². The lowest BCUT2D eigenvalue weighted by molar-refractivity contribution is 1.26. The summed E-state index contributed by atoms with van der Waals surface area (Å²) in [5.74, 6) is 0. The summed E-state index contributed by atoms with van der Waals surface area (Å²) in [7, 11) is 0. The molecule has 0 heterocycles. The summed E-state index contributed by atoms with van der Waals surface area (Å²) >= 11 is 4.54. The van der Waals surface area contributed by atoms with Crippen molar-refractivity contribution in [3.63, 3.8) is 0 Å².